The Balaban J connectivity index is 3.04. The SMILES string of the molecule is Brc1[c]cc(Br)[nH]1. The maximum Gasteiger partial charge on any atom is 0.0909 e. The number of hydrogen-bond acceptors (Lipinski definition) is 0. The zero-order valence-corrected chi connectivity index (χ0v) is 6.51. The molecule has 1 aromatic heterocycles. The molecule has 1 rings (SSSR count). The van der Waals surface area contributed by atoms with Gasteiger partial charge >= 0.3 is 0 Å². The number of aromatic nitrogens is 1. The molecule has 0 saturated heterocycles. The van der Waals surface area contributed by atoms with E-state index in [0.717, 1.165) is 9.21 Å². The fourth-order valence-corrected chi connectivity index (χ4v) is 1.21. The van der Waals surface area contributed by atoms with Crippen molar-refractivity contribution in [2.75, 3.05) is 0 Å². The third kappa shape index (κ3) is 1.31. The summed E-state index contributed by atoms with van der Waals surface area (Å²) in [7, 11) is 0. The highest BCUT2D eigenvalue weighted by Gasteiger charge is 1.86. The van der Waals surface area contributed by atoms with E-state index in [2.05, 4.69) is 42.9 Å². The van der Waals surface area contributed by atoms with E-state index in [1.165, 1.54) is 0 Å². The van der Waals surface area contributed by atoms with Gasteiger partial charge in [0.15, 0.2) is 0 Å². The van der Waals surface area contributed by atoms with E-state index in [0.29, 0.717) is 0 Å². The van der Waals surface area contributed by atoms with Crippen molar-refractivity contribution in [3.63, 3.8) is 0 Å². The van der Waals surface area contributed by atoms with Crippen LogP contribution >= 0.6 is 31.9 Å². The van der Waals surface area contributed by atoms with Crippen molar-refractivity contribution < 1.29 is 0 Å². The van der Waals surface area contributed by atoms with Crippen LogP contribution in [0.1, 0.15) is 0 Å². The lowest BCUT2D eigenvalue weighted by Gasteiger charge is -1.73. The van der Waals surface area contributed by atoms with Crippen LogP contribution in [0.2, 0.25) is 0 Å². The summed E-state index contributed by atoms with van der Waals surface area (Å²) in [6.45, 7) is 0. The zero-order valence-electron chi connectivity index (χ0n) is 3.33. The maximum absolute atomic E-state index is 3.22. The molecule has 1 aromatic rings. The summed E-state index contributed by atoms with van der Waals surface area (Å²) in [6.07, 6.45) is 0. The van der Waals surface area contributed by atoms with E-state index >= 15 is 0 Å². The number of hydrogen-bond donors (Lipinski definition) is 1. The number of aromatic amines is 1. The van der Waals surface area contributed by atoms with Crippen LogP contribution in [0, 0.1) is 6.07 Å². The minimum Gasteiger partial charge on any atom is -0.344 e. The predicted octanol–water partition coefficient (Wildman–Crippen LogP) is 2.34. The lowest BCUT2D eigenvalue weighted by atomic mass is 10.7. The molecule has 0 spiro atoms. The van der Waals surface area contributed by atoms with Gasteiger partial charge in [-0.25, -0.2) is 0 Å². The van der Waals surface area contributed by atoms with Gasteiger partial charge < -0.3 is 4.98 Å². The summed E-state index contributed by atoms with van der Waals surface area (Å²) in [5, 5.41) is 0. The third-order valence-corrected chi connectivity index (χ3v) is 1.41. The molecular weight excluding hydrogens is 222 g/mol. The van der Waals surface area contributed by atoms with E-state index < -0.39 is 0 Å². The molecule has 0 saturated carbocycles. The number of H-pyrrole nitrogens is 1. The first kappa shape index (κ1) is 5.38. The van der Waals surface area contributed by atoms with Gasteiger partial charge in [0.05, 0.1) is 9.21 Å². The lowest BCUT2D eigenvalue weighted by molar-refractivity contribution is 1.31. The number of nitrogens with one attached hydrogen (secondary N) is 1. The van der Waals surface area contributed by atoms with Gasteiger partial charge in [-0.2, -0.15) is 0 Å². The van der Waals surface area contributed by atoms with Gasteiger partial charge in [-0.3, -0.25) is 0 Å². The van der Waals surface area contributed by atoms with Crippen LogP contribution in [0.25, 0.3) is 0 Å². The van der Waals surface area contributed by atoms with Crippen molar-refractivity contribution in [2.24, 2.45) is 0 Å². The van der Waals surface area contributed by atoms with Crippen molar-refractivity contribution in [1.82, 2.24) is 4.98 Å². The molecule has 37 valence electrons. The lowest BCUT2D eigenvalue weighted by Crippen LogP contribution is -1.56. The topological polar surface area (TPSA) is 15.8 Å². The molecule has 1 heterocycles. The van der Waals surface area contributed by atoms with Crippen LogP contribution in [0.3, 0.4) is 0 Å². The van der Waals surface area contributed by atoms with Crippen molar-refractivity contribution in [2.45, 2.75) is 0 Å². The molecule has 0 unspecified atom stereocenters. The molecule has 7 heavy (non-hydrogen) atoms. The molecule has 1 N–H and O–H groups in total. The fourth-order valence-electron chi connectivity index (χ4n) is 0.304. The van der Waals surface area contributed by atoms with Gasteiger partial charge in [0.1, 0.15) is 0 Å². The summed E-state index contributed by atoms with van der Waals surface area (Å²) >= 11 is 6.41. The summed E-state index contributed by atoms with van der Waals surface area (Å²) in [5.41, 5.74) is 0. The predicted molar refractivity (Wildman–Crippen MR) is 35.0 cm³/mol. The van der Waals surface area contributed by atoms with Gasteiger partial charge in [-0.15, -0.1) is 0 Å². The smallest absolute Gasteiger partial charge is 0.0909 e. The Bertz CT molecular complexity index is 142. The highest BCUT2D eigenvalue weighted by molar-refractivity contribution is 9.11. The number of rotatable bonds is 0. The van der Waals surface area contributed by atoms with E-state index in [1.54, 1.807) is 0 Å². The average molecular weight is 224 g/mol. The standard InChI is InChI=1S/C4H2Br2N/c5-3-1-2-4(6)7-3/h1,7H. The second-order valence-corrected chi connectivity index (χ2v) is 2.72. The Morgan fingerprint density at radius 2 is 2.29 bits per heavy atom. The highest BCUT2D eigenvalue weighted by Crippen LogP contribution is 2.11. The quantitative estimate of drug-likeness (QED) is 0.695. The molecule has 0 atom stereocenters. The molecule has 0 aliphatic carbocycles. The zero-order chi connectivity index (χ0) is 5.28. The molecule has 0 bridgehead atoms. The summed E-state index contributed by atoms with van der Waals surface area (Å²) in [6, 6.07) is 4.69. The van der Waals surface area contributed by atoms with Crippen LogP contribution in [0.15, 0.2) is 15.3 Å². The molecule has 0 amide bonds. The second-order valence-electron chi connectivity index (χ2n) is 1.08. The van der Waals surface area contributed by atoms with E-state index in [9.17, 15) is 0 Å². The Morgan fingerprint density at radius 3 is 2.43 bits per heavy atom. The minimum atomic E-state index is 0.874. The van der Waals surface area contributed by atoms with E-state index in [1.807, 2.05) is 6.07 Å². The number of halogens is 2. The molecule has 1 radical (unpaired) electrons. The average Bonchev–Trinajstić information content (AvgIpc) is 1.87. The first-order valence-electron chi connectivity index (χ1n) is 1.71. The van der Waals surface area contributed by atoms with Gasteiger partial charge in [0, 0.05) is 6.07 Å². The monoisotopic (exact) mass is 222 g/mol. The van der Waals surface area contributed by atoms with Crippen molar-refractivity contribution >= 4 is 31.9 Å². The minimum absolute atomic E-state index is 0.874. The van der Waals surface area contributed by atoms with Crippen molar-refractivity contribution in [3.05, 3.63) is 21.3 Å². The van der Waals surface area contributed by atoms with Gasteiger partial charge in [-0.05, 0) is 37.9 Å². The molecule has 0 aliphatic rings. The molecule has 1 nitrogen and oxygen atoms in total. The Kier molecular flexibility index (Phi) is 1.54. The molecule has 3 heteroatoms. The van der Waals surface area contributed by atoms with Gasteiger partial charge in [0.25, 0.3) is 0 Å². The van der Waals surface area contributed by atoms with Crippen molar-refractivity contribution in [3.8, 4) is 0 Å². The second kappa shape index (κ2) is 2.01. The van der Waals surface area contributed by atoms with Crippen LogP contribution in [-0.4, -0.2) is 4.98 Å². The third-order valence-electron chi connectivity index (χ3n) is 0.555. The van der Waals surface area contributed by atoms with Gasteiger partial charge in [-0.1, -0.05) is 0 Å². The van der Waals surface area contributed by atoms with Crippen LogP contribution < -0.4 is 0 Å². The molecule has 0 aromatic carbocycles. The molecule has 0 aliphatic heterocycles. The maximum atomic E-state index is 3.22. The first-order chi connectivity index (χ1) is 3.29. The highest BCUT2D eigenvalue weighted by atomic mass is 79.9. The molecular formula is C4H2Br2N. The van der Waals surface area contributed by atoms with E-state index in [-0.39, 0.29) is 0 Å². The van der Waals surface area contributed by atoms with Crippen molar-refractivity contribution in [1.29, 1.82) is 0 Å². The summed E-state index contributed by atoms with van der Waals surface area (Å²) in [4.78, 5) is 2.92. The normalized spacial score (nSPS) is 9.43. The largest absolute Gasteiger partial charge is 0.344 e. The van der Waals surface area contributed by atoms with Crippen LogP contribution in [0.5, 0.6) is 0 Å². The Labute approximate surface area is 58.4 Å². The van der Waals surface area contributed by atoms with Crippen LogP contribution in [0.4, 0.5) is 0 Å². The Morgan fingerprint density at radius 1 is 1.57 bits per heavy atom. The Hall–Kier alpha value is 0.240. The van der Waals surface area contributed by atoms with E-state index in [4.69, 9.17) is 0 Å². The van der Waals surface area contributed by atoms with Gasteiger partial charge in [0.2, 0.25) is 0 Å². The summed E-state index contributed by atoms with van der Waals surface area (Å²) in [5.74, 6) is 0. The first-order valence-corrected chi connectivity index (χ1v) is 3.29. The summed E-state index contributed by atoms with van der Waals surface area (Å²) < 4.78 is 1.82. The fraction of sp³-hybridized carbons (Fsp3) is 0. The van der Waals surface area contributed by atoms with Crippen LogP contribution in [-0.2, 0) is 0 Å². The molecule has 0 fully saturated rings.